The average molecular weight is 423 g/mol. The highest BCUT2D eigenvalue weighted by Gasteiger charge is 2.34. The van der Waals surface area contributed by atoms with Crippen molar-refractivity contribution in [3.8, 4) is 0 Å². The van der Waals surface area contributed by atoms with Crippen molar-refractivity contribution in [3.05, 3.63) is 29.8 Å². The Kier molecular flexibility index (Phi) is 7.02. The van der Waals surface area contributed by atoms with Crippen LogP contribution in [-0.4, -0.2) is 68.3 Å². The normalized spacial score (nSPS) is 24.8. The zero-order valence-electron chi connectivity index (χ0n) is 18.2. The van der Waals surface area contributed by atoms with Gasteiger partial charge < -0.3 is 9.80 Å². The maximum Gasteiger partial charge on any atom is 0.278 e. The summed E-state index contributed by atoms with van der Waals surface area (Å²) in [5, 5.41) is 0. The van der Waals surface area contributed by atoms with Crippen LogP contribution in [0.15, 0.2) is 29.2 Å². The Hall–Kier alpha value is -1.44. The fraction of sp³-hybridized carbons (Fsp3) is 0.682. The number of hydrogen-bond donors (Lipinski definition) is 1. The number of nitrogens with one attached hydrogen (secondary N) is 1. The maximum atomic E-state index is 13.0. The highest BCUT2D eigenvalue weighted by Crippen LogP contribution is 2.22. The number of likely N-dealkylation sites (tertiary alicyclic amines) is 1. The van der Waals surface area contributed by atoms with E-state index in [0.717, 1.165) is 18.4 Å². The van der Waals surface area contributed by atoms with Gasteiger partial charge in [-0.2, -0.15) is 4.31 Å². The van der Waals surface area contributed by atoms with Crippen LogP contribution in [-0.2, 0) is 14.8 Å². The molecule has 29 heavy (non-hydrogen) atoms. The molecule has 2 fully saturated rings. The summed E-state index contributed by atoms with van der Waals surface area (Å²) in [5.41, 5.74) is 1.14. The average Bonchev–Trinajstić information content (AvgIpc) is 2.68. The van der Waals surface area contributed by atoms with Crippen LogP contribution in [0.3, 0.4) is 0 Å². The Bertz CT molecular complexity index is 789. The lowest BCUT2D eigenvalue weighted by Crippen LogP contribution is -3.15. The second-order valence-corrected chi connectivity index (χ2v) is 10.9. The molecule has 7 heteroatoms. The van der Waals surface area contributed by atoms with Crippen LogP contribution in [0.1, 0.15) is 58.4 Å². The highest BCUT2D eigenvalue weighted by atomic mass is 32.2. The van der Waals surface area contributed by atoms with E-state index >= 15 is 0 Å². The molecule has 2 saturated heterocycles. The van der Waals surface area contributed by atoms with Crippen LogP contribution in [0, 0.1) is 0 Å². The zero-order chi connectivity index (χ0) is 21.2. The predicted molar refractivity (Wildman–Crippen MR) is 114 cm³/mol. The molecule has 2 aliphatic rings. The largest absolute Gasteiger partial charge is 0.332 e. The van der Waals surface area contributed by atoms with Gasteiger partial charge >= 0.3 is 0 Å². The number of carbonyl (C=O) groups is 1. The van der Waals surface area contributed by atoms with E-state index in [1.807, 2.05) is 12.1 Å². The van der Waals surface area contributed by atoms with E-state index in [9.17, 15) is 13.2 Å². The number of benzene rings is 1. The number of sulfonamides is 1. The lowest BCUT2D eigenvalue weighted by molar-refractivity contribution is -0.896. The molecule has 0 aliphatic carbocycles. The van der Waals surface area contributed by atoms with E-state index in [4.69, 9.17) is 0 Å². The van der Waals surface area contributed by atoms with Gasteiger partial charge in [-0.15, -0.1) is 0 Å². The van der Waals surface area contributed by atoms with Gasteiger partial charge in [-0.3, -0.25) is 4.79 Å². The van der Waals surface area contributed by atoms with Crippen molar-refractivity contribution in [2.45, 2.75) is 69.9 Å². The molecule has 0 aromatic heterocycles. The molecular weight excluding hydrogens is 386 g/mol. The number of carbonyl (C=O) groups excluding carboxylic acids is 1. The number of amides is 1. The summed E-state index contributed by atoms with van der Waals surface area (Å²) >= 11 is 0. The van der Waals surface area contributed by atoms with Crippen molar-refractivity contribution < 1.29 is 18.1 Å². The van der Waals surface area contributed by atoms with Gasteiger partial charge in [0.2, 0.25) is 10.0 Å². The molecule has 2 atom stereocenters. The van der Waals surface area contributed by atoms with Crippen LogP contribution < -0.4 is 4.90 Å². The fourth-order valence-corrected chi connectivity index (χ4v) is 6.05. The van der Waals surface area contributed by atoms with Gasteiger partial charge in [0.25, 0.3) is 5.91 Å². The van der Waals surface area contributed by atoms with Gasteiger partial charge in [-0.05, 0) is 56.7 Å². The molecule has 0 bridgehead atoms. The Balaban J connectivity index is 1.57. The highest BCUT2D eigenvalue weighted by molar-refractivity contribution is 7.89. The van der Waals surface area contributed by atoms with Gasteiger partial charge in [-0.1, -0.05) is 26.0 Å². The number of hydrogen-bond acceptors (Lipinski definition) is 3. The lowest BCUT2D eigenvalue weighted by atomic mass is 9.97. The second-order valence-electron chi connectivity index (χ2n) is 8.98. The topological polar surface area (TPSA) is 62.1 Å². The van der Waals surface area contributed by atoms with Gasteiger partial charge in [-0.25, -0.2) is 8.42 Å². The molecule has 3 rings (SSSR count). The molecule has 6 nitrogen and oxygen atoms in total. The minimum atomic E-state index is -3.47. The van der Waals surface area contributed by atoms with Crippen LogP contribution in [0.25, 0.3) is 0 Å². The predicted octanol–water partition coefficient (Wildman–Crippen LogP) is 1.49. The van der Waals surface area contributed by atoms with Crippen molar-refractivity contribution in [1.29, 1.82) is 0 Å². The zero-order valence-corrected chi connectivity index (χ0v) is 19.0. The summed E-state index contributed by atoms with van der Waals surface area (Å²) in [6.45, 7) is 11.2. The number of quaternary nitrogens is 1. The van der Waals surface area contributed by atoms with Crippen molar-refractivity contribution in [2.24, 2.45) is 0 Å². The fourth-order valence-electron chi connectivity index (χ4n) is 4.61. The lowest BCUT2D eigenvalue weighted by Gasteiger charge is -2.40. The number of piperidine rings is 1. The van der Waals surface area contributed by atoms with Crippen molar-refractivity contribution >= 4 is 15.9 Å². The first-order chi connectivity index (χ1) is 13.7. The quantitative estimate of drug-likeness (QED) is 0.782. The van der Waals surface area contributed by atoms with E-state index in [2.05, 4.69) is 32.6 Å². The summed E-state index contributed by atoms with van der Waals surface area (Å²) in [6.07, 6.45) is 3.34. The molecule has 2 heterocycles. The third kappa shape index (κ3) is 5.01. The standard InChI is InChI=1S/C22H35N3O3S/c1-17(2)20-8-10-21(11-9-20)29(27,28)24-14-12-23(13-15-24)16-22(26)25-18(3)6-5-7-19(25)4/h8-11,17-19H,5-7,12-16H2,1-4H3/p+1/t18-,19+. The third-order valence-electron chi connectivity index (χ3n) is 6.50. The molecule has 0 saturated carbocycles. The molecular formula is C22H36N3O3S+. The molecule has 1 aromatic rings. The second kappa shape index (κ2) is 9.14. The minimum absolute atomic E-state index is 0.209. The Morgan fingerprint density at radius 1 is 1.07 bits per heavy atom. The molecule has 0 spiro atoms. The summed E-state index contributed by atoms with van der Waals surface area (Å²) in [4.78, 5) is 16.4. The summed E-state index contributed by atoms with van der Waals surface area (Å²) in [5.74, 6) is 0.585. The van der Waals surface area contributed by atoms with Gasteiger partial charge in [0.15, 0.2) is 6.54 Å². The van der Waals surface area contributed by atoms with Gasteiger partial charge in [0, 0.05) is 12.1 Å². The van der Waals surface area contributed by atoms with E-state index in [0.29, 0.717) is 55.6 Å². The molecule has 162 valence electrons. The molecule has 1 aromatic carbocycles. The molecule has 1 N–H and O–H groups in total. The molecule has 0 unspecified atom stereocenters. The first-order valence-electron chi connectivity index (χ1n) is 10.9. The van der Waals surface area contributed by atoms with Crippen molar-refractivity contribution in [1.82, 2.24) is 9.21 Å². The van der Waals surface area contributed by atoms with Crippen molar-refractivity contribution in [2.75, 3.05) is 32.7 Å². The SMILES string of the molecule is CC(C)c1ccc(S(=O)(=O)N2CC[NH+](CC(=O)N3[C@H](C)CCC[C@@H]3C)CC2)cc1. The Morgan fingerprint density at radius 2 is 1.62 bits per heavy atom. The minimum Gasteiger partial charge on any atom is -0.332 e. The maximum absolute atomic E-state index is 13.0. The van der Waals surface area contributed by atoms with E-state index in [-0.39, 0.29) is 5.91 Å². The third-order valence-corrected chi connectivity index (χ3v) is 8.41. The first kappa shape index (κ1) is 22.2. The van der Waals surface area contributed by atoms with E-state index < -0.39 is 10.0 Å². The number of rotatable bonds is 5. The molecule has 0 radical (unpaired) electrons. The van der Waals surface area contributed by atoms with E-state index in [1.54, 1.807) is 16.4 Å². The van der Waals surface area contributed by atoms with Crippen LogP contribution in [0.2, 0.25) is 0 Å². The number of piperazine rings is 1. The van der Waals surface area contributed by atoms with Crippen LogP contribution in [0.4, 0.5) is 0 Å². The van der Waals surface area contributed by atoms with Gasteiger partial charge in [0.1, 0.15) is 0 Å². The smallest absolute Gasteiger partial charge is 0.278 e. The summed E-state index contributed by atoms with van der Waals surface area (Å²) in [6, 6.07) is 7.85. The monoisotopic (exact) mass is 422 g/mol. The Labute approximate surface area is 175 Å². The first-order valence-corrected chi connectivity index (χ1v) is 12.4. The number of nitrogens with zero attached hydrogens (tertiary/aromatic N) is 2. The summed E-state index contributed by atoms with van der Waals surface area (Å²) < 4.78 is 27.5. The van der Waals surface area contributed by atoms with Crippen LogP contribution in [0.5, 0.6) is 0 Å². The van der Waals surface area contributed by atoms with Crippen LogP contribution >= 0.6 is 0 Å². The molecule has 2 aliphatic heterocycles. The molecule has 1 amide bonds. The van der Waals surface area contributed by atoms with Gasteiger partial charge in [0.05, 0.1) is 31.1 Å². The summed E-state index contributed by atoms with van der Waals surface area (Å²) in [7, 11) is -3.47. The van der Waals surface area contributed by atoms with Crippen molar-refractivity contribution in [3.63, 3.8) is 0 Å². The van der Waals surface area contributed by atoms with E-state index in [1.165, 1.54) is 11.3 Å². The Morgan fingerprint density at radius 3 is 2.14 bits per heavy atom.